The third-order valence-corrected chi connectivity index (χ3v) is 2.52. The van der Waals surface area contributed by atoms with E-state index in [9.17, 15) is 9.59 Å². The molecule has 0 saturated heterocycles. The van der Waals surface area contributed by atoms with E-state index in [4.69, 9.17) is 0 Å². The van der Waals surface area contributed by atoms with Gasteiger partial charge in [0.05, 0.1) is 33.5 Å². The second-order valence-electron chi connectivity index (χ2n) is 5.32. The Hall–Kier alpha value is -1.34. The van der Waals surface area contributed by atoms with Crippen LogP contribution in [0, 0.1) is 0 Å². The lowest BCUT2D eigenvalue weighted by molar-refractivity contribution is -0.268. The lowest BCUT2D eigenvalue weighted by Gasteiger charge is -1.98. The van der Waals surface area contributed by atoms with E-state index >= 15 is 0 Å². The average Bonchev–Trinajstić information content (AvgIpc) is 2.66. The highest BCUT2D eigenvalue weighted by Gasteiger charge is 1.96. The van der Waals surface area contributed by atoms with Crippen molar-refractivity contribution >= 4 is 12.1 Å². The molecule has 0 aromatic heterocycles. The van der Waals surface area contributed by atoms with E-state index in [-0.39, 0.29) is 5.97 Å². The summed E-state index contributed by atoms with van der Waals surface area (Å²) in [5.41, 5.74) is 0. The highest BCUT2D eigenvalue weighted by molar-refractivity contribution is 5.65. The Kier molecular flexibility index (Phi) is 60.0. The van der Waals surface area contributed by atoms with Gasteiger partial charge < -0.3 is 14.2 Å². The van der Waals surface area contributed by atoms with Crippen LogP contribution < -0.4 is 0 Å². The molecule has 0 heterocycles. The molecule has 0 atom stereocenters. The molecule has 0 fully saturated rings. The monoisotopic (exact) mass is 426 g/mol. The van der Waals surface area contributed by atoms with Gasteiger partial charge in [-0.15, -0.1) is 0 Å². The summed E-state index contributed by atoms with van der Waals surface area (Å²) in [6.07, 6.45) is 7.56. The van der Waals surface area contributed by atoms with Gasteiger partial charge in [0.25, 0.3) is 0 Å². The number of carbonyl (C=O) groups is 2. The van der Waals surface area contributed by atoms with E-state index in [0.717, 1.165) is 0 Å². The topological polar surface area (TPSA) is 80.3 Å². The first-order valence-corrected chi connectivity index (χ1v) is 10.9. The van der Waals surface area contributed by atoms with Crippen molar-refractivity contribution in [3.63, 3.8) is 0 Å². The quantitative estimate of drug-likeness (QED) is 0.230. The van der Waals surface area contributed by atoms with Gasteiger partial charge in [-0.05, 0) is 27.7 Å². The van der Waals surface area contributed by atoms with Gasteiger partial charge in [-0.25, -0.2) is 14.6 Å². The number of unbranched alkanes of at least 4 members (excludes halogenated alkanes) is 4. The first-order chi connectivity index (χ1) is 13.8. The van der Waals surface area contributed by atoms with Gasteiger partial charge in [0.15, 0.2) is 0 Å². The summed E-state index contributed by atoms with van der Waals surface area (Å²) in [6.45, 7) is 19.2. The van der Waals surface area contributed by atoms with Crippen molar-refractivity contribution in [1.82, 2.24) is 0 Å². The standard InChI is InChI=1S/C5H10O3.2C5H12.C4H8O2.C3H8O2/c1-3-7-5(6)8-4-2;2*1-3-5-4-2;1-3-6-4(2)5;1-3-5-4-2/h3-4H2,1-2H3;2*3-5H2,1-2H3;3H2,1-2H3;3H2,1-2H3. The molecule has 0 rings (SSSR count). The number of carbonyl (C=O) groups excluding carboxylic acids is 2. The van der Waals surface area contributed by atoms with Gasteiger partial charge in [0, 0.05) is 6.92 Å². The molecular formula is C22H50O7. The fourth-order valence-corrected chi connectivity index (χ4v) is 1.31. The molecule has 0 radical (unpaired) electrons. The Morgan fingerprint density at radius 1 is 0.586 bits per heavy atom. The Morgan fingerprint density at radius 3 is 1.00 bits per heavy atom. The fraction of sp³-hybridized carbons (Fsp3) is 0.909. The summed E-state index contributed by atoms with van der Waals surface area (Å²) in [5.74, 6) is -0.211. The Balaban J connectivity index is -0.0000000841. The summed E-state index contributed by atoms with van der Waals surface area (Å²) in [6, 6.07) is 0. The summed E-state index contributed by atoms with van der Waals surface area (Å²) in [4.78, 5) is 28.5. The molecule has 7 nitrogen and oxygen atoms in total. The molecular weight excluding hydrogens is 376 g/mol. The molecule has 0 unspecified atom stereocenters. The molecule has 7 heteroatoms. The van der Waals surface area contributed by atoms with Crippen LogP contribution in [0.25, 0.3) is 0 Å². The number of rotatable bonds is 9. The predicted octanol–water partition coefficient (Wildman–Crippen LogP) is 6.73. The van der Waals surface area contributed by atoms with Crippen molar-refractivity contribution < 1.29 is 33.6 Å². The molecule has 0 spiro atoms. The number of ether oxygens (including phenoxy) is 3. The predicted molar refractivity (Wildman–Crippen MR) is 120 cm³/mol. The minimum Gasteiger partial charge on any atom is -0.466 e. The third kappa shape index (κ3) is 86.9. The summed E-state index contributed by atoms with van der Waals surface area (Å²) in [5, 5.41) is 0. The van der Waals surface area contributed by atoms with Crippen LogP contribution in [0.5, 0.6) is 0 Å². The Labute approximate surface area is 180 Å². The maximum absolute atomic E-state index is 10.2. The van der Waals surface area contributed by atoms with Gasteiger partial charge in [0.2, 0.25) is 0 Å². The molecule has 0 aromatic rings. The average molecular weight is 427 g/mol. The second-order valence-corrected chi connectivity index (χ2v) is 5.32. The lowest BCUT2D eigenvalue weighted by atomic mass is 10.3. The number of esters is 1. The molecule has 180 valence electrons. The minimum absolute atomic E-state index is 0.211. The fourth-order valence-electron chi connectivity index (χ4n) is 1.31. The van der Waals surface area contributed by atoms with Crippen LogP contribution in [-0.4, -0.2) is 45.7 Å². The van der Waals surface area contributed by atoms with E-state index in [1.807, 2.05) is 6.92 Å². The van der Waals surface area contributed by atoms with Crippen LogP contribution in [0.2, 0.25) is 0 Å². The van der Waals surface area contributed by atoms with Crippen molar-refractivity contribution in [2.24, 2.45) is 0 Å². The molecule has 0 aliphatic heterocycles. The van der Waals surface area contributed by atoms with E-state index in [2.05, 4.69) is 51.7 Å². The third-order valence-electron chi connectivity index (χ3n) is 2.52. The normalized spacial score (nSPS) is 8.21. The summed E-state index contributed by atoms with van der Waals surface area (Å²) < 4.78 is 13.2. The Morgan fingerprint density at radius 2 is 0.931 bits per heavy atom. The van der Waals surface area contributed by atoms with Crippen molar-refractivity contribution in [3.05, 3.63) is 0 Å². The highest BCUT2D eigenvalue weighted by atomic mass is 17.2. The zero-order chi connectivity index (χ0) is 23.8. The molecule has 0 saturated carbocycles. The van der Waals surface area contributed by atoms with Gasteiger partial charge in [-0.2, -0.15) is 0 Å². The molecule has 0 aliphatic carbocycles. The van der Waals surface area contributed by atoms with Crippen LogP contribution in [0.3, 0.4) is 0 Å². The van der Waals surface area contributed by atoms with E-state index in [1.54, 1.807) is 20.8 Å². The number of hydrogen-bond donors (Lipinski definition) is 0. The molecule has 0 aromatic carbocycles. The van der Waals surface area contributed by atoms with Crippen LogP contribution in [0.15, 0.2) is 0 Å². The zero-order valence-corrected chi connectivity index (χ0v) is 20.9. The first kappa shape index (κ1) is 38.3. The second kappa shape index (κ2) is 45.4. The largest absolute Gasteiger partial charge is 0.508 e. The molecule has 0 amide bonds. The Bertz CT molecular complexity index is 244. The maximum Gasteiger partial charge on any atom is 0.508 e. The molecule has 0 bridgehead atoms. The summed E-state index contributed by atoms with van der Waals surface area (Å²) in [7, 11) is 1.49. The van der Waals surface area contributed by atoms with Crippen LogP contribution in [0.4, 0.5) is 4.79 Å². The molecule has 29 heavy (non-hydrogen) atoms. The van der Waals surface area contributed by atoms with E-state index in [0.29, 0.717) is 26.4 Å². The van der Waals surface area contributed by atoms with Crippen LogP contribution in [-0.2, 0) is 28.8 Å². The maximum atomic E-state index is 10.2. The van der Waals surface area contributed by atoms with Crippen molar-refractivity contribution in [2.45, 2.75) is 101 Å². The smallest absolute Gasteiger partial charge is 0.466 e. The van der Waals surface area contributed by atoms with Gasteiger partial charge in [-0.1, -0.05) is 66.2 Å². The van der Waals surface area contributed by atoms with E-state index in [1.165, 1.54) is 52.6 Å². The SMILES string of the molecule is CCCCC.CCCCC.CCOC(=O)OCC.CCOC(C)=O.CCOOC. The first-order valence-electron chi connectivity index (χ1n) is 10.9. The highest BCUT2D eigenvalue weighted by Crippen LogP contribution is 1.88. The van der Waals surface area contributed by atoms with Gasteiger partial charge >= 0.3 is 12.1 Å². The number of hydrogen-bond acceptors (Lipinski definition) is 7. The molecule has 0 aliphatic rings. The van der Waals surface area contributed by atoms with Gasteiger partial charge in [-0.3, -0.25) is 4.79 Å². The van der Waals surface area contributed by atoms with Crippen LogP contribution >= 0.6 is 0 Å². The van der Waals surface area contributed by atoms with Crippen molar-refractivity contribution in [3.8, 4) is 0 Å². The van der Waals surface area contributed by atoms with Crippen molar-refractivity contribution in [2.75, 3.05) is 33.5 Å². The van der Waals surface area contributed by atoms with Gasteiger partial charge in [0.1, 0.15) is 0 Å². The van der Waals surface area contributed by atoms with Crippen molar-refractivity contribution in [1.29, 1.82) is 0 Å². The lowest BCUT2D eigenvalue weighted by Crippen LogP contribution is -2.05. The molecule has 0 N–H and O–H groups in total. The minimum atomic E-state index is -0.588. The summed E-state index contributed by atoms with van der Waals surface area (Å²) >= 11 is 0. The zero-order valence-electron chi connectivity index (χ0n) is 20.9. The van der Waals surface area contributed by atoms with E-state index < -0.39 is 6.16 Å². The van der Waals surface area contributed by atoms with Crippen LogP contribution in [0.1, 0.15) is 101 Å².